The normalized spacial score (nSPS) is 23.3. The summed E-state index contributed by atoms with van der Waals surface area (Å²) in [6.07, 6.45) is 3.60. The number of likely N-dealkylation sites (tertiary alicyclic amines) is 1. The minimum Gasteiger partial charge on any atom is -0.381 e. The van der Waals surface area contributed by atoms with E-state index in [1.165, 1.54) is 43.8 Å². The molecule has 0 radical (unpaired) electrons. The second kappa shape index (κ2) is 9.20. The zero-order valence-corrected chi connectivity index (χ0v) is 17.3. The quantitative estimate of drug-likeness (QED) is 0.590. The Kier molecular flexibility index (Phi) is 6.95. The van der Waals surface area contributed by atoms with Crippen molar-refractivity contribution in [1.29, 1.82) is 0 Å². The van der Waals surface area contributed by atoms with Gasteiger partial charge in [0.25, 0.3) is 0 Å². The Balaban J connectivity index is 1.40. The van der Waals surface area contributed by atoms with Gasteiger partial charge in [-0.05, 0) is 36.6 Å². The minimum absolute atomic E-state index is 0.110. The lowest BCUT2D eigenvalue weighted by molar-refractivity contribution is 0.150. The number of nitrogens with zero attached hydrogens (tertiary/aromatic N) is 2. The fourth-order valence-corrected chi connectivity index (χ4v) is 4.65. The van der Waals surface area contributed by atoms with Crippen LogP contribution in [0.3, 0.4) is 0 Å². The number of guanidine groups is 1. The van der Waals surface area contributed by atoms with Crippen molar-refractivity contribution in [2.45, 2.75) is 44.6 Å². The van der Waals surface area contributed by atoms with Crippen LogP contribution in [-0.4, -0.2) is 63.3 Å². The molecule has 0 spiro atoms. The summed E-state index contributed by atoms with van der Waals surface area (Å²) >= 11 is 1.82. The summed E-state index contributed by atoms with van der Waals surface area (Å²) in [4.78, 5) is 8.45. The van der Waals surface area contributed by atoms with E-state index in [2.05, 4.69) is 51.9 Å². The van der Waals surface area contributed by atoms with E-state index in [1.54, 1.807) is 0 Å². The van der Waals surface area contributed by atoms with Gasteiger partial charge in [0.05, 0.1) is 6.61 Å². The highest BCUT2D eigenvalue weighted by Gasteiger charge is 2.25. The summed E-state index contributed by atoms with van der Waals surface area (Å²) in [6.45, 7) is 10.9. The summed E-state index contributed by atoms with van der Waals surface area (Å²) < 4.78 is 5.51. The van der Waals surface area contributed by atoms with Gasteiger partial charge in [-0.3, -0.25) is 4.99 Å². The topological polar surface area (TPSA) is 48.9 Å². The number of thiophene rings is 1. The van der Waals surface area contributed by atoms with Crippen LogP contribution in [0.2, 0.25) is 0 Å². The maximum atomic E-state index is 5.51. The van der Waals surface area contributed by atoms with E-state index in [0.29, 0.717) is 6.04 Å². The molecule has 146 valence electrons. The van der Waals surface area contributed by atoms with Crippen molar-refractivity contribution in [2.75, 3.05) is 46.4 Å². The Labute approximate surface area is 162 Å². The van der Waals surface area contributed by atoms with E-state index in [9.17, 15) is 0 Å². The van der Waals surface area contributed by atoms with E-state index >= 15 is 0 Å². The first-order valence-electron chi connectivity index (χ1n) is 9.88. The average Bonchev–Trinajstić information content (AvgIpc) is 3.34. The Bertz CT molecular complexity index is 558. The van der Waals surface area contributed by atoms with E-state index in [4.69, 9.17) is 4.74 Å². The zero-order chi connectivity index (χ0) is 18.4. The van der Waals surface area contributed by atoms with Crippen molar-refractivity contribution in [2.24, 2.45) is 10.9 Å². The first kappa shape index (κ1) is 19.6. The molecule has 0 aliphatic carbocycles. The third-order valence-electron chi connectivity index (χ3n) is 5.58. The summed E-state index contributed by atoms with van der Waals surface area (Å²) in [5.74, 6) is 1.67. The molecule has 6 heteroatoms. The Morgan fingerprint density at radius 1 is 1.35 bits per heavy atom. The van der Waals surface area contributed by atoms with Crippen LogP contribution in [0, 0.1) is 5.92 Å². The van der Waals surface area contributed by atoms with Crippen LogP contribution in [0.25, 0.3) is 0 Å². The molecule has 2 fully saturated rings. The van der Waals surface area contributed by atoms with Crippen LogP contribution in [0.1, 0.15) is 38.0 Å². The fraction of sp³-hybridized carbons (Fsp3) is 0.750. The summed E-state index contributed by atoms with van der Waals surface area (Å²) in [5, 5.41) is 9.31. The second-order valence-corrected chi connectivity index (χ2v) is 9.18. The molecule has 3 rings (SSSR count). The molecule has 0 saturated carbocycles. The molecule has 0 amide bonds. The summed E-state index contributed by atoms with van der Waals surface area (Å²) in [7, 11) is 1.86. The molecule has 1 aromatic rings. The van der Waals surface area contributed by atoms with Gasteiger partial charge in [0, 0.05) is 56.2 Å². The fourth-order valence-electron chi connectivity index (χ4n) is 3.80. The first-order chi connectivity index (χ1) is 12.6. The van der Waals surface area contributed by atoms with Crippen molar-refractivity contribution in [3.8, 4) is 0 Å². The molecule has 2 aliphatic heterocycles. The molecule has 2 N–H and O–H groups in total. The predicted molar refractivity (Wildman–Crippen MR) is 110 cm³/mol. The minimum atomic E-state index is 0.110. The second-order valence-electron chi connectivity index (χ2n) is 8.24. The molecule has 2 aliphatic rings. The third-order valence-corrected chi connectivity index (χ3v) is 6.81. The molecular weight excluding hydrogens is 344 g/mol. The SMILES string of the molecule is CN=C(NCC(C)(C)c1cccs1)NC1CCN(CC2CCOC2)CC1. The lowest BCUT2D eigenvalue weighted by atomic mass is 9.91. The van der Waals surface area contributed by atoms with Crippen molar-refractivity contribution in [3.05, 3.63) is 22.4 Å². The predicted octanol–water partition coefficient (Wildman–Crippen LogP) is 2.69. The van der Waals surface area contributed by atoms with Gasteiger partial charge in [-0.1, -0.05) is 19.9 Å². The molecule has 5 nitrogen and oxygen atoms in total. The summed E-state index contributed by atoms with van der Waals surface area (Å²) in [5.41, 5.74) is 0.110. The maximum Gasteiger partial charge on any atom is 0.191 e. The Morgan fingerprint density at radius 3 is 2.77 bits per heavy atom. The molecule has 0 bridgehead atoms. The molecule has 1 unspecified atom stereocenters. The molecule has 1 aromatic heterocycles. The van der Waals surface area contributed by atoms with Gasteiger partial charge in [-0.25, -0.2) is 0 Å². The van der Waals surface area contributed by atoms with Crippen molar-refractivity contribution in [3.63, 3.8) is 0 Å². The number of aliphatic imine (C=N–C) groups is 1. The maximum absolute atomic E-state index is 5.51. The Hall–Kier alpha value is -1.11. The van der Waals surface area contributed by atoms with Crippen molar-refractivity contribution in [1.82, 2.24) is 15.5 Å². The van der Waals surface area contributed by atoms with Crippen molar-refractivity contribution < 1.29 is 4.74 Å². The average molecular weight is 379 g/mol. The molecule has 2 saturated heterocycles. The van der Waals surface area contributed by atoms with E-state index in [-0.39, 0.29) is 5.41 Å². The summed E-state index contributed by atoms with van der Waals surface area (Å²) in [6, 6.07) is 4.86. The van der Waals surface area contributed by atoms with Crippen LogP contribution >= 0.6 is 11.3 Å². The Morgan fingerprint density at radius 2 is 2.15 bits per heavy atom. The number of hydrogen-bond acceptors (Lipinski definition) is 4. The van der Waals surface area contributed by atoms with E-state index in [1.807, 2.05) is 18.4 Å². The number of nitrogens with one attached hydrogen (secondary N) is 2. The van der Waals surface area contributed by atoms with Crippen LogP contribution in [0.4, 0.5) is 0 Å². The van der Waals surface area contributed by atoms with Gasteiger partial charge in [-0.15, -0.1) is 11.3 Å². The third kappa shape index (κ3) is 5.44. The van der Waals surface area contributed by atoms with Gasteiger partial charge in [0.1, 0.15) is 0 Å². The number of piperidine rings is 1. The standard InChI is InChI=1S/C20H34N4OS/c1-20(2,18-5-4-12-26-18)15-22-19(21-3)23-17-6-9-24(10-7-17)13-16-8-11-25-14-16/h4-5,12,16-17H,6-11,13-15H2,1-3H3,(H2,21,22,23). The molecule has 26 heavy (non-hydrogen) atoms. The van der Waals surface area contributed by atoms with Gasteiger partial charge >= 0.3 is 0 Å². The highest BCUT2D eigenvalue weighted by Crippen LogP contribution is 2.26. The molecule has 0 aromatic carbocycles. The lowest BCUT2D eigenvalue weighted by Gasteiger charge is -2.34. The number of ether oxygens (including phenoxy) is 1. The van der Waals surface area contributed by atoms with Crippen LogP contribution in [0.15, 0.2) is 22.5 Å². The number of rotatable bonds is 6. The van der Waals surface area contributed by atoms with Crippen LogP contribution in [-0.2, 0) is 10.2 Å². The van der Waals surface area contributed by atoms with Crippen molar-refractivity contribution >= 4 is 17.3 Å². The molecular formula is C20H34N4OS. The van der Waals surface area contributed by atoms with E-state index < -0.39 is 0 Å². The smallest absolute Gasteiger partial charge is 0.191 e. The lowest BCUT2D eigenvalue weighted by Crippen LogP contribution is -2.50. The van der Waals surface area contributed by atoms with Crippen LogP contribution in [0.5, 0.6) is 0 Å². The van der Waals surface area contributed by atoms with E-state index in [0.717, 1.165) is 31.6 Å². The van der Waals surface area contributed by atoms with Gasteiger partial charge in [-0.2, -0.15) is 0 Å². The van der Waals surface area contributed by atoms with Gasteiger partial charge in [0.15, 0.2) is 5.96 Å². The highest BCUT2D eigenvalue weighted by molar-refractivity contribution is 7.10. The van der Waals surface area contributed by atoms with Crippen LogP contribution < -0.4 is 10.6 Å². The van der Waals surface area contributed by atoms with Gasteiger partial charge < -0.3 is 20.3 Å². The zero-order valence-electron chi connectivity index (χ0n) is 16.5. The number of hydrogen-bond donors (Lipinski definition) is 2. The monoisotopic (exact) mass is 378 g/mol. The largest absolute Gasteiger partial charge is 0.381 e. The first-order valence-corrected chi connectivity index (χ1v) is 10.8. The van der Waals surface area contributed by atoms with Gasteiger partial charge in [0.2, 0.25) is 0 Å². The molecule has 1 atom stereocenters. The highest BCUT2D eigenvalue weighted by atomic mass is 32.1. The molecule has 3 heterocycles.